The first kappa shape index (κ1) is 28.7. The van der Waals surface area contributed by atoms with Crippen molar-refractivity contribution in [3.05, 3.63) is 82.8 Å². The molecule has 0 fully saturated rings. The summed E-state index contributed by atoms with van der Waals surface area (Å²) in [6.07, 6.45) is 5.89. The number of rotatable bonds is 10. The smallest absolute Gasteiger partial charge is 0.258 e. The van der Waals surface area contributed by atoms with Gasteiger partial charge in [-0.15, -0.1) is 0 Å². The molecule has 1 aliphatic carbocycles. The molecule has 0 saturated heterocycles. The Morgan fingerprint density at radius 2 is 1.62 bits per heavy atom. The van der Waals surface area contributed by atoms with Crippen molar-refractivity contribution in [2.45, 2.75) is 83.5 Å². The van der Waals surface area contributed by atoms with E-state index in [2.05, 4.69) is 59.0 Å². The zero-order valence-electron chi connectivity index (χ0n) is 22.9. The summed E-state index contributed by atoms with van der Waals surface area (Å²) in [7, 11) is -2.16. The number of carbonyl (C=O) groups excluding carboxylic acids is 1. The largest absolute Gasteiger partial charge is 0.733 e. The molecule has 0 aromatic heterocycles. The maximum Gasteiger partial charge on any atom is 0.258 e. The normalized spacial score (nSPS) is 16.7. The van der Waals surface area contributed by atoms with E-state index in [1.165, 1.54) is 18.2 Å². The number of nitrogens with one attached hydrogen (secondary N) is 1. The van der Waals surface area contributed by atoms with Crippen LogP contribution in [-0.4, -0.2) is 25.5 Å². The fourth-order valence-electron chi connectivity index (χ4n) is 5.84. The lowest BCUT2D eigenvalue weighted by Gasteiger charge is -2.44. The molecule has 7 heteroatoms. The van der Waals surface area contributed by atoms with Crippen LogP contribution in [0.15, 0.2) is 66.4 Å². The van der Waals surface area contributed by atoms with E-state index in [-0.39, 0.29) is 22.9 Å². The topological polar surface area (TPSA) is 84.9 Å². The quantitative estimate of drug-likeness (QED) is 0.190. The van der Waals surface area contributed by atoms with Crippen LogP contribution in [0.2, 0.25) is 16.6 Å². The zero-order chi connectivity index (χ0) is 27.2. The van der Waals surface area contributed by atoms with Gasteiger partial charge in [-0.05, 0) is 58.8 Å². The molecule has 200 valence electrons. The molecule has 0 aliphatic heterocycles. The average Bonchev–Trinajstić information content (AvgIpc) is 2.86. The van der Waals surface area contributed by atoms with Crippen LogP contribution in [0.1, 0.15) is 71.9 Å². The highest BCUT2D eigenvalue weighted by molar-refractivity contribution is 6.78. The molecule has 0 bridgehead atoms. The van der Waals surface area contributed by atoms with Gasteiger partial charge >= 0.3 is 0 Å². The molecule has 0 heterocycles. The van der Waals surface area contributed by atoms with Gasteiger partial charge in [0.25, 0.3) is 8.32 Å². The summed E-state index contributed by atoms with van der Waals surface area (Å²) in [5.41, 5.74) is 4.46. The Labute approximate surface area is 222 Å². The van der Waals surface area contributed by atoms with Gasteiger partial charge in [0.05, 0.1) is 17.5 Å². The molecule has 1 aliphatic rings. The van der Waals surface area contributed by atoms with Crippen molar-refractivity contribution < 1.29 is 14.4 Å². The van der Waals surface area contributed by atoms with E-state index in [1.54, 1.807) is 18.2 Å². The molecule has 2 aromatic carbocycles. The van der Waals surface area contributed by atoms with Gasteiger partial charge in [-0.25, -0.2) is 0 Å². The highest BCUT2D eigenvalue weighted by Crippen LogP contribution is 2.46. The second-order valence-corrected chi connectivity index (χ2v) is 16.1. The van der Waals surface area contributed by atoms with Crippen LogP contribution in [0.3, 0.4) is 0 Å². The van der Waals surface area contributed by atoms with Crippen molar-refractivity contribution in [3.8, 4) is 0 Å². The Morgan fingerprint density at radius 3 is 2.16 bits per heavy atom. The molecule has 1 amide bonds. The summed E-state index contributed by atoms with van der Waals surface area (Å²) in [6, 6.07) is 16.5. The molecule has 6 nitrogen and oxygen atoms in total. The highest BCUT2D eigenvalue weighted by Gasteiger charge is 2.48. The Hall–Kier alpha value is -2.87. The summed E-state index contributed by atoms with van der Waals surface area (Å²) in [5.74, 6) is 0.854. The van der Waals surface area contributed by atoms with Gasteiger partial charge in [-0.3, -0.25) is 10.0 Å². The minimum Gasteiger partial charge on any atom is -0.733 e. The number of allylic oxidation sites excluding steroid dienone is 1. The lowest BCUT2D eigenvalue weighted by Crippen LogP contribution is -2.48. The van der Waals surface area contributed by atoms with Gasteiger partial charge in [0.2, 0.25) is 5.91 Å². The molecule has 3 rings (SSSR count). The van der Waals surface area contributed by atoms with E-state index in [0.29, 0.717) is 16.6 Å². The molecule has 37 heavy (non-hydrogen) atoms. The van der Waals surface area contributed by atoms with E-state index in [9.17, 15) is 10.0 Å². The minimum atomic E-state index is -2.16. The number of anilines is 1. The summed E-state index contributed by atoms with van der Waals surface area (Å²) in [5, 5.41) is 23.0. The van der Waals surface area contributed by atoms with E-state index in [0.717, 1.165) is 41.7 Å². The molecule has 1 atom stereocenters. The van der Waals surface area contributed by atoms with Gasteiger partial charge < -0.3 is 20.2 Å². The molecule has 2 aromatic rings. The van der Waals surface area contributed by atoms with Gasteiger partial charge in [0, 0.05) is 18.1 Å². The fraction of sp³-hybridized carbons (Fsp3) is 0.433. The average molecular weight is 522 g/mol. The Bertz CT molecular complexity index is 1070. The molecular weight excluding hydrogens is 480 g/mol. The van der Waals surface area contributed by atoms with Crippen LogP contribution in [0.25, 0.3) is 11.6 Å². The number of benzene rings is 2. The second-order valence-electron chi connectivity index (χ2n) is 10.8. The Kier molecular flexibility index (Phi) is 9.76. The van der Waals surface area contributed by atoms with Crippen LogP contribution >= 0.6 is 0 Å². The van der Waals surface area contributed by atoms with E-state index >= 15 is 0 Å². The third-order valence-corrected chi connectivity index (χ3v) is 13.5. The molecule has 0 spiro atoms. The molecular formula is C30H41N2O4Si-. The van der Waals surface area contributed by atoms with E-state index in [4.69, 9.17) is 9.63 Å². The standard InChI is InChI=1S/C30H41N2O4Si/c1-21(2)37(22(3)4,23(5)6)36-28-14-10-13-27(30(28)25-11-8-7-9-12-25)31-29(33)20-17-24-15-18-26(19-16-24)32(34)35/h7-9,11-12,15-23,27,34H,10,13-14H2,1-6H3,(H,31,33)/q-1/b20-17+. The van der Waals surface area contributed by atoms with Crippen molar-refractivity contribution in [2.24, 2.45) is 0 Å². The number of nitrogens with zero attached hydrogens (tertiary/aromatic N) is 1. The number of amides is 1. The maximum atomic E-state index is 13.0. The molecule has 2 N–H and O–H groups in total. The van der Waals surface area contributed by atoms with Gasteiger partial charge in [-0.1, -0.05) is 84.0 Å². The van der Waals surface area contributed by atoms with Gasteiger partial charge in [0.1, 0.15) is 0 Å². The van der Waals surface area contributed by atoms with Crippen LogP contribution in [-0.2, 0) is 9.22 Å². The minimum absolute atomic E-state index is 0.137. The fourth-order valence-corrected chi connectivity index (χ4v) is 11.2. The monoisotopic (exact) mass is 521 g/mol. The Morgan fingerprint density at radius 1 is 1.03 bits per heavy atom. The van der Waals surface area contributed by atoms with Gasteiger partial charge in [0.15, 0.2) is 0 Å². The number of hydrogen-bond acceptors (Lipinski definition) is 5. The summed E-state index contributed by atoms with van der Waals surface area (Å²) in [4.78, 5) is 13.0. The summed E-state index contributed by atoms with van der Waals surface area (Å²) in [6.45, 7) is 13.8. The van der Waals surface area contributed by atoms with Crippen molar-refractivity contribution in [2.75, 3.05) is 5.23 Å². The van der Waals surface area contributed by atoms with Crippen molar-refractivity contribution in [3.63, 3.8) is 0 Å². The van der Waals surface area contributed by atoms with Crippen molar-refractivity contribution in [1.29, 1.82) is 0 Å². The Balaban J connectivity index is 1.92. The first-order valence-corrected chi connectivity index (χ1v) is 15.4. The summed E-state index contributed by atoms with van der Waals surface area (Å²) >= 11 is 0. The summed E-state index contributed by atoms with van der Waals surface area (Å²) < 4.78 is 7.20. The van der Waals surface area contributed by atoms with E-state index in [1.807, 2.05) is 18.2 Å². The lowest BCUT2D eigenvalue weighted by molar-refractivity contribution is -0.116. The number of hydrogen-bond donors (Lipinski definition) is 2. The predicted molar refractivity (Wildman–Crippen MR) is 154 cm³/mol. The van der Waals surface area contributed by atoms with E-state index < -0.39 is 8.32 Å². The van der Waals surface area contributed by atoms with Crippen LogP contribution < -0.4 is 10.5 Å². The third kappa shape index (κ3) is 6.72. The first-order chi connectivity index (χ1) is 17.6. The van der Waals surface area contributed by atoms with Crippen molar-refractivity contribution in [1.82, 2.24) is 5.32 Å². The second kappa shape index (κ2) is 12.6. The van der Waals surface area contributed by atoms with Crippen LogP contribution in [0.5, 0.6) is 0 Å². The van der Waals surface area contributed by atoms with Crippen molar-refractivity contribution >= 4 is 31.6 Å². The molecule has 0 radical (unpaired) electrons. The first-order valence-electron chi connectivity index (χ1n) is 13.3. The predicted octanol–water partition coefficient (Wildman–Crippen LogP) is 7.67. The third-order valence-electron chi connectivity index (χ3n) is 7.49. The van der Waals surface area contributed by atoms with Crippen LogP contribution in [0.4, 0.5) is 5.69 Å². The number of carbonyl (C=O) groups is 1. The molecule has 0 saturated carbocycles. The maximum absolute atomic E-state index is 13.0. The highest BCUT2D eigenvalue weighted by atomic mass is 28.4. The molecule has 1 unspecified atom stereocenters. The zero-order valence-corrected chi connectivity index (χ0v) is 23.9. The van der Waals surface area contributed by atoms with Crippen LogP contribution in [0, 0.1) is 5.21 Å². The SMILES string of the molecule is CC(C)[Si](OC1=C(c2ccccc2)C(NC(=O)/C=C/c2ccc(N([O-])O)cc2)CCC1)(C(C)C)C(C)C. The lowest BCUT2D eigenvalue weighted by atomic mass is 9.87. The van der Waals surface area contributed by atoms with Gasteiger partial charge in [-0.2, -0.15) is 0 Å².